The zero-order valence-corrected chi connectivity index (χ0v) is 17.8. The Balaban J connectivity index is 1.21. The van der Waals surface area contributed by atoms with Crippen LogP contribution in [0.3, 0.4) is 0 Å². The van der Waals surface area contributed by atoms with E-state index in [2.05, 4.69) is 29.4 Å². The number of nitrogens with zero attached hydrogens (tertiary/aromatic N) is 3. The number of ether oxygens (including phenoxy) is 1. The van der Waals surface area contributed by atoms with Crippen LogP contribution < -0.4 is 4.74 Å². The molecule has 0 aliphatic carbocycles. The maximum atomic E-state index is 13.0. The number of carbonyl (C=O) groups is 1. The number of aryl methyl sites for hydroxylation is 1. The monoisotopic (exact) mass is 421 g/mol. The van der Waals surface area contributed by atoms with Gasteiger partial charge in [0, 0.05) is 19.3 Å². The van der Waals surface area contributed by atoms with E-state index >= 15 is 0 Å². The van der Waals surface area contributed by atoms with Gasteiger partial charge in [-0.1, -0.05) is 24.3 Å². The molecule has 162 valence electrons. The lowest BCUT2D eigenvalue weighted by Gasteiger charge is -2.32. The van der Waals surface area contributed by atoms with Crippen molar-refractivity contribution in [3.63, 3.8) is 0 Å². The lowest BCUT2D eigenvalue weighted by Crippen LogP contribution is -2.40. The molecule has 2 aromatic carbocycles. The van der Waals surface area contributed by atoms with Crippen LogP contribution in [-0.2, 0) is 24.4 Å². The molecular weight excluding hydrogens is 393 g/mol. The van der Waals surface area contributed by atoms with Crippen LogP contribution in [0.15, 0.2) is 60.8 Å². The second-order valence-corrected chi connectivity index (χ2v) is 8.24. The fourth-order valence-corrected chi connectivity index (χ4v) is 3.98. The summed E-state index contributed by atoms with van der Waals surface area (Å²) < 4.78 is 20.4. The average molecular weight is 422 g/mol. The summed E-state index contributed by atoms with van der Waals surface area (Å²) in [6, 6.07) is 16.5. The molecule has 1 aromatic heterocycles. The quantitative estimate of drug-likeness (QED) is 0.568. The third-order valence-electron chi connectivity index (χ3n) is 5.80. The minimum absolute atomic E-state index is 0.145. The zero-order chi connectivity index (χ0) is 21.6. The summed E-state index contributed by atoms with van der Waals surface area (Å²) in [5.74, 6) is 1.14. The van der Waals surface area contributed by atoms with Gasteiger partial charge in [0.1, 0.15) is 24.7 Å². The number of carbonyl (C=O) groups excluding carboxylic acids is 1. The molecule has 0 spiro atoms. The first-order valence-electron chi connectivity index (χ1n) is 10.8. The minimum Gasteiger partial charge on any atom is -0.489 e. The highest BCUT2D eigenvalue weighted by molar-refractivity contribution is 5.76. The van der Waals surface area contributed by atoms with E-state index in [0.29, 0.717) is 24.8 Å². The van der Waals surface area contributed by atoms with Crippen LogP contribution in [0, 0.1) is 18.7 Å². The molecule has 0 saturated carbocycles. The molecule has 31 heavy (non-hydrogen) atoms. The predicted molar refractivity (Wildman–Crippen MR) is 117 cm³/mol. The number of benzene rings is 2. The molecule has 1 aliphatic heterocycles. The van der Waals surface area contributed by atoms with Gasteiger partial charge in [-0.25, -0.2) is 4.39 Å². The van der Waals surface area contributed by atoms with Crippen LogP contribution in [0.25, 0.3) is 0 Å². The van der Waals surface area contributed by atoms with E-state index in [-0.39, 0.29) is 11.7 Å². The van der Waals surface area contributed by atoms with E-state index in [1.54, 1.807) is 16.8 Å². The Kier molecular flexibility index (Phi) is 6.65. The van der Waals surface area contributed by atoms with Crippen molar-refractivity contribution in [2.75, 3.05) is 13.1 Å². The van der Waals surface area contributed by atoms with Crippen molar-refractivity contribution in [2.24, 2.45) is 5.92 Å². The fourth-order valence-electron chi connectivity index (χ4n) is 3.98. The van der Waals surface area contributed by atoms with Crippen molar-refractivity contribution in [1.82, 2.24) is 14.7 Å². The van der Waals surface area contributed by atoms with Crippen molar-refractivity contribution in [3.8, 4) is 5.75 Å². The first kappa shape index (κ1) is 21.1. The zero-order valence-electron chi connectivity index (χ0n) is 17.8. The summed E-state index contributed by atoms with van der Waals surface area (Å²) in [5, 5.41) is 4.30. The molecule has 1 saturated heterocycles. The smallest absolute Gasteiger partial charge is 0.244 e. The Hall–Kier alpha value is -3.15. The van der Waals surface area contributed by atoms with E-state index in [0.717, 1.165) is 43.6 Å². The van der Waals surface area contributed by atoms with E-state index in [4.69, 9.17) is 4.74 Å². The number of aromatic nitrogens is 2. The van der Waals surface area contributed by atoms with E-state index < -0.39 is 0 Å². The van der Waals surface area contributed by atoms with Gasteiger partial charge in [-0.05, 0) is 73.6 Å². The number of likely N-dealkylation sites (tertiary alicyclic amines) is 1. The van der Waals surface area contributed by atoms with Crippen LogP contribution in [0.1, 0.15) is 29.7 Å². The molecule has 1 amide bonds. The predicted octanol–water partition coefficient (Wildman–Crippen LogP) is 4.39. The molecular formula is C25H28FN3O2. The summed E-state index contributed by atoms with van der Waals surface area (Å²) in [6.07, 6.45) is 4.94. The first-order valence-corrected chi connectivity index (χ1v) is 10.8. The Bertz CT molecular complexity index is 990. The highest BCUT2D eigenvalue weighted by Gasteiger charge is 2.23. The molecule has 5 nitrogen and oxygen atoms in total. The van der Waals surface area contributed by atoms with E-state index in [1.165, 1.54) is 17.7 Å². The number of hydrogen-bond donors (Lipinski definition) is 0. The van der Waals surface area contributed by atoms with Gasteiger partial charge in [0.15, 0.2) is 0 Å². The summed E-state index contributed by atoms with van der Waals surface area (Å²) in [5.41, 5.74) is 3.32. The molecule has 0 atom stereocenters. The molecule has 1 aliphatic rings. The summed E-state index contributed by atoms with van der Waals surface area (Å²) >= 11 is 0. The van der Waals surface area contributed by atoms with Gasteiger partial charge in [-0.2, -0.15) is 5.10 Å². The highest BCUT2D eigenvalue weighted by atomic mass is 19.1. The van der Waals surface area contributed by atoms with Crippen LogP contribution in [0.2, 0.25) is 0 Å². The van der Waals surface area contributed by atoms with Gasteiger partial charge in [0.2, 0.25) is 5.91 Å². The number of piperidine rings is 1. The van der Waals surface area contributed by atoms with Crippen LogP contribution in [0.4, 0.5) is 4.39 Å². The number of amides is 1. The van der Waals surface area contributed by atoms with Crippen molar-refractivity contribution in [1.29, 1.82) is 0 Å². The summed E-state index contributed by atoms with van der Waals surface area (Å²) in [7, 11) is 0. The Morgan fingerprint density at radius 2 is 1.71 bits per heavy atom. The van der Waals surface area contributed by atoms with Gasteiger partial charge >= 0.3 is 0 Å². The molecule has 6 heteroatoms. The van der Waals surface area contributed by atoms with Gasteiger partial charge < -0.3 is 9.64 Å². The van der Waals surface area contributed by atoms with Crippen LogP contribution in [-0.4, -0.2) is 33.7 Å². The normalized spacial score (nSPS) is 14.6. The average Bonchev–Trinajstić information content (AvgIpc) is 3.19. The lowest BCUT2D eigenvalue weighted by molar-refractivity contribution is -0.133. The fraction of sp³-hybridized carbons (Fsp3) is 0.360. The minimum atomic E-state index is -0.264. The summed E-state index contributed by atoms with van der Waals surface area (Å²) in [4.78, 5) is 14.5. The second-order valence-electron chi connectivity index (χ2n) is 8.24. The molecule has 0 N–H and O–H groups in total. The van der Waals surface area contributed by atoms with E-state index in [1.807, 2.05) is 24.1 Å². The van der Waals surface area contributed by atoms with Crippen molar-refractivity contribution >= 4 is 5.91 Å². The van der Waals surface area contributed by atoms with Crippen LogP contribution in [0.5, 0.6) is 5.75 Å². The first-order chi connectivity index (χ1) is 15.0. The molecule has 2 heterocycles. The van der Waals surface area contributed by atoms with Gasteiger partial charge in [0.05, 0.1) is 5.69 Å². The Labute approximate surface area is 182 Å². The van der Waals surface area contributed by atoms with Crippen molar-refractivity contribution in [2.45, 2.75) is 39.3 Å². The highest BCUT2D eigenvalue weighted by Crippen LogP contribution is 2.22. The number of halogens is 1. The van der Waals surface area contributed by atoms with E-state index in [9.17, 15) is 9.18 Å². The molecule has 3 aromatic rings. The van der Waals surface area contributed by atoms with Gasteiger partial charge in [-0.15, -0.1) is 0 Å². The molecule has 0 radical (unpaired) electrons. The Morgan fingerprint density at radius 3 is 2.35 bits per heavy atom. The maximum absolute atomic E-state index is 13.0. The SMILES string of the molecule is Cc1ccn(CC(=O)N2CCC(Cc3ccc(COc4ccc(F)cc4)cc3)CC2)n1. The second kappa shape index (κ2) is 9.77. The maximum Gasteiger partial charge on any atom is 0.244 e. The third-order valence-corrected chi connectivity index (χ3v) is 5.80. The topological polar surface area (TPSA) is 47.4 Å². The third kappa shape index (κ3) is 5.94. The van der Waals surface area contributed by atoms with Crippen LogP contribution >= 0.6 is 0 Å². The number of rotatable bonds is 7. The van der Waals surface area contributed by atoms with Gasteiger partial charge in [-0.3, -0.25) is 9.48 Å². The standard InChI is InChI=1S/C25H28FN3O2/c1-19-10-15-29(27-19)17-25(30)28-13-11-21(12-14-28)16-20-2-4-22(5-3-20)18-31-24-8-6-23(26)7-9-24/h2-10,15,21H,11-14,16-18H2,1H3. The van der Waals surface area contributed by atoms with Gasteiger partial charge in [0.25, 0.3) is 0 Å². The van der Waals surface area contributed by atoms with Crippen molar-refractivity contribution in [3.05, 3.63) is 83.4 Å². The Morgan fingerprint density at radius 1 is 1.03 bits per heavy atom. The molecule has 1 fully saturated rings. The summed E-state index contributed by atoms with van der Waals surface area (Å²) in [6.45, 7) is 4.33. The van der Waals surface area contributed by atoms with Crippen molar-refractivity contribution < 1.29 is 13.9 Å². The molecule has 0 unspecified atom stereocenters. The lowest BCUT2D eigenvalue weighted by atomic mass is 9.90. The largest absolute Gasteiger partial charge is 0.489 e. The number of hydrogen-bond acceptors (Lipinski definition) is 3. The molecule has 0 bridgehead atoms. The molecule has 4 rings (SSSR count).